The first-order valence-corrected chi connectivity index (χ1v) is 5.06. The van der Waals surface area contributed by atoms with Gasteiger partial charge in [0.2, 0.25) is 5.82 Å². The minimum Gasteiger partial charge on any atom is -0.258 e. The fourth-order valence-electron chi connectivity index (χ4n) is 2.41. The number of rotatable bonds is 1. The summed E-state index contributed by atoms with van der Waals surface area (Å²) < 4.78 is 13.9. The standard InChI is InChI=1S/C12H8FNO2/c13-12-9-3-1-2-7-4-5-8(11(7)9)6-10(12)14(15)16/h1-3,6H,4-5H2. The minimum absolute atomic E-state index is 0.374. The van der Waals surface area contributed by atoms with Crippen molar-refractivity contribution < 1.29 is 9.31 Å². The fourth-order valence-corrected chi connectivity index (χ4v) is 2.41. The molecule has 0 unspecified atom stereocenters. The van der Waals surface area contributed by atoms with Crippen molar-refractivity contribution in [2.45, 2.75) is 12.8 Å². The second kappa shape index (κ2) is 3.01. The normalized spacial score (nSPS) is 13.3. The number of halogens is 1. The van der Waals surface area contributed by atoms with Gasteiger partial charge in [0.25, 0.3) is 0 Å². The summed E-state index contributed by atoms with van der Waals surface area (Å²) in [6, 6.07) is 6.67. The monoisotopic (exact) mass is 217 g/mol. The fraction of sp³-hybridized carbons (Fsp3) is 0.167. The highest BCUT2D eigenvalue weighted by atomic mass is 19.1. The molecule has 0 bridgehead atoms. The highest BCUT2D eigenvalue weighted by Gasteiger charge is 2.24. The average molecular weight is 217 g/mol. The van der Waals surface area contributed by atoms with Gasteiger partial charge in [0, 0.05) is 11.5 Å². The van der Waals surface area contributed by atoms with Gasteiger partial charge in [-0.15, -0.1) is 0 Å². The van der Waals surface area contributed by atoms with Crippen LogP contribution in [0.25, 0.3) is 10.8 Å². The summed E-state index contributed by atoms with van der Waals surface area (Å²) in [5.41, 5.74) is 1.56. The van der Waals surface area contributed by atoms with Gasteiger partial charge in [-0.2, -0.15) is 4.39 Å². The molecule has 0 fully saturated rings. The Bertz CT molecular complexity index is 622. The molecule has 0 amide bonds. The van der Waals surface area contributed by atoms with Crippen LogP contribution in [0.4, 0.5) is 10.1 Å². The van der Waals surface area contributed by atoms with Gasteiger partial charge in [0.1, 0.15) is 0 Å². The molecule has 2 aromatic rings. The number of aryl methyl sites for hydroxylation is 2. The number of nitro benzene ring substituents is 1. The Morgan fingerprint density at radius 3 is 2.75 bits per heavy atom. The van der Waals surface area contributed by atoms with E-state index >= 15 is 0 Å². The van der Waals surface area contributed by atoms with E-state index in [1.165, 1.54) is 6.07 Å². The predicted molar refractivity (Wildman–Crippen MR) is 58.0 cm³/mol. The predicted octanol–water partition coefficient (Wildman–Crippen LogP) is 2.99. The topological polar surface area (TPSA) is 43.1 Å². The van der Waals surface area contributed by atoms with E-state index in [1.54, 1.807) is 12.1 Å². The molecule has 0 aliphatic heterocycles. The first-order valence-electron chi connectivity index (χ1n) is 5.06. The second-order valence-electron chi connectivity index (χ2n) is 3.97. The Morgan fingerprint density at radius 1 is 1.25 bits per heavy atom. The number of hydrogen-bond acceptors (Lipinski definition) is 2. The summed E-state index contributed by atoms with van der Waals surface area (Å²) in [6.45, 7) is 0. The molecular weight excluding hydrogens is 209 g/mol. The van der Waals surface area contributed by atoms with Crippen molar-refractivity contribution >= 4 is 16.5 Å². The van der Waals surface area contributed by atoms with E-state index in [9.17, 15) is 14.5 Å². The Kier molecular flexibility index (Phi) is 1.74. The molecule has 3 nitrogen and oxygen atoms in total. The summed E-state index contributed by atoms with van der Waals surface area (Å²) >= 11 is 0. The van der Waals surface area contributed by atoms with Crippen LogP contribution in [0.3, 0.4) is 0 Å². The summed E-state index contributed by atoms with van der Waals surface area (Å²) in [4.78, 5) is 10.1. The Morgan fingerprint density at radius 2 is 2.00 bits per heavy atom. The molecule has 0 saturated carbocycles. The highest BCUT2D eigenvalue weighted by molar-refractivity contribution is 5.93. The first-order chi connectivity index (χ1) is 7.68. The summed E-state index contributed by atoms with van der Waals surface area (Å²) in [7, 11) is 0. The van der Waals surface area contributed by atoms with Crippen LogP contribution in [-0.4, -0.2) is 4.92 Å². The largest absolute Gasteiger partial charge is 0.305 e. The maximum absolute atomic E-state index is 13.9. The van der Waals surface area contributed by atoms with Gasteiger partial charge < -0.3 is 0 Å². The summed E-state index contributed by atoms with van der Waals surface area (Å²) in [5.74, 6) is -0.715. The maximum atomic E-state index is 13.9. The molecular formula is C12H8FNO2. The third kappa shape index (κ3) is 1.07. The number of nitro groups is 1. The molecule has 0 radical (unpaired) electrons. The van der Waals surface area contributed by atoms with E-state index in [4.69, 9.17) is 0 Å². The third-order valence-electron chi connectivity index (χ3n) is 3.10. The van der Waals surface area contributed by atoms with Crippen LogP contribution < -0.4 is 0 Å². The molecule has 4 heteroatoms. The quantitative estimate of drug-likeness (QED) is 0.544. The molecule has 0 saturated heterocycles. The van der Waals surface area contributed by atoms with Crippen molar-refractivity contribution in [2.75, 3.05) is 0 Å². The summed E-state index contributed by atoms with van der Waals surface area (Å²) in [6.07, 6.45) is 1.60. The van der Waals surface area contributed by atoms with Crippen LogP contribution >= 0.6 is 0 Å². The van der Waals surface area contributed by atoms with Gasteiger partial charge in [-0.3, -0.25) is 10.1 Å². The molecule has 0 heterocycles. The van der Waals surface area contributed by atoms with E-state index < -0.39 is 16.4 Å². The van der Waals surface area contributed by atoms with Gasteiger partial charge in [-0.05, 0) is 29.4 Å². The van der Waals surface area contributed by atoms with Gasteiger partial charge >= 0.3 is 5.69 Å². The Hall–Kier alpha value is -1.97. The molecule has 2 aromatic carbocycles. The van der Waals surface area contributed by atoms with Crippen LogP contribution in [0, 0.1) is 15.9 Å². The van der Waals surface area contributed by atoms with Crippen molar-refractivity contribution in [2.24, 2.45) is 0 Å². The van der Waals surface area contributed by atoms with Gasteiger partial charge in [0.15, 0.2) is 0 Å². The lowest BCUT2D eigenvalue weighted by Gasteiger charge is -2.03. The maximum Gasteiger partial charge on any atom is 0.305 e. The van der Waals surface area contributed by atoms with E-state index in [-0.39, 0.29) is 0 Å². The second-order valence-corrected chi connectivity index (χ2v) is 3.97. The number of hydrogen-bond donors (Lipinski definition) is 0. The average Bonchev–Trinajstić information content (AvgIpc) is 2.67. The highest BCUT2D eigenvalue weighted by Crippen LogP contribution is 2.36. The Labute approximate surface area is 90.7 Å². The zero-order valence-corrected chi connectivity index (χ0v) is 8.37. The van der Waals surface area contributed by atoms with Crippen molar-refractivity contribution in [3.05, 3.63) is 51.3 Å². The molecule has 0 spiro atoms. The van der Waals surface area contributed by atoms with Crippen LogP contribution in [0.2, 0.25) is 0 Å². The van der Waals surface area contributed by atoms with E-state index in [1.807, 2.05) is 6.07 Å². The third-order valence-corrected chi connectivity index (χ3v) is 3.10. The molecule has 3 rings (SSSR count). The van der Waals surface area contributed by atoms with Crippen LogP contribution in [0.15, 0.2) is 24.3 Å². The van der Waals surface area contributed by atoms with E-state index in [2.05, 4.69) is 0 Å². The van der Waals surface area contributed by atoms with Crippen molar-refractivity contribution in [1.29, 1.82) is 0 Å². The van der Waals surface area contributed by atoms with E-state index in [0.29, 0.717) is 5.39 Å². The van der Waals surface area contributed by atoms with E-state index in [0.717, 1.165) is 29.4 Å². The van der Waals surface area contributed by atoms with Crippen molar-refractivity contribution in [3.63, 3.8) is 0 Å². The number of nitrogens with zero attached hydrogens (tertiary/aromatic N) is 1. The molecule has 1 aliphatic carbocycles. The Balaban J connectivity index is 2.48. The SMILES string of the molecule is O=[N+]([O-])c1cc2c3c(cccc3c1F)CC2. The molecule has 16 heavy (non-hydrogen) atoms. The molecule has 1 aliphatic rings. The van der Waals surface area contributed by atoms with Crippen LogP contribution in [0.1, 0.15) is 11.1 Å². The zero-order valence-electron chi connectivity index (χ0n) is 8.37. The van der Waals surface area contributed by atoms with Crippen LogP contribution in [-0.2, 0) is 12.8 Å². The number of benzene rings is 2. The lowest BCUT2D eigenvalue weighted by atomic mass is 10.0. The van der Waals surface area contributed by atoms with Crippen LogP contribution in [0.5, 0.6) is 0 Å². The molecule has 80 valence electrons. The van der Waals surface area contributed by atoms with Gasteiger partial charge in [-0.1, -0.05) is 18.2 Å². The molecule has 0 N–H and O–H groups in total. The first kappa shape index (κ1) is 9.27. The molecule has 0 atom stereocenters. The van der Waals surface area contributed by atoms with Crippen molar-refractivity contribution in [1.82, 2.24) is 0 Å². The lowest BCUT2D eigenvalue weighted by molar-refractivity contribution is -0.387. The van der Waals surface area contributed by atoms with Gasteiger partial charge in [0.05, 0.1) is 4.92 Å². The zero-order chi connectivity index (χ0) is 11.3. The van der Waals surface area contributed by atoms with Crippen molar-refractivity contribution in [3.8, 4) is 0 Å². The van der Waals surface area contributed by atoms with Gasteiger partial charge in [-0.25, -0.2) is 0 Å². The lowest BCUT2D eigenvalue weighted by Crippen LogP contribution is -1.95. The molecule has 0 aromatic heterocycles. The summed E-state index contributed by atoms with van der Waals surface area (Å²) in [5, 5.41) is 12.0. The smallest absolute Gasteiger partial charge is 0.258 e. The minimum atomic E-state index is -0.715.